The van der Waals surface area contributed by atoms with Crippen LogP contribution in [0.5, 0.6) is 0 Å². The van der Waals surface area contributed by atoms with Crippen LogP contribution in [0.25, 0.3) is 0 Å². The summed E-state index contributed by atoms with van der Waals surface area (Å²) in [5.41, 5.74) is 0.700. The van der Waals surface area contributed by atoms with E-state index in [2.05, 4.69) is 5.28 Å². The molecule has 1 aromatic carbocycles. The molecule has 0 fully saturated rings. The predicted molar refractivity (Wildman–Crippen MR) is 66.0 cm³/mol. The van der Waals surface area contributed by atoms with Crippen LogP contribution in [0.3, 0.4) is 0 Å². The van der Waals surface area contributed by atoms with Crippen molar-refractivity contribution in [2.75, 3.05) is 6.54 Å². The Labute approximate surface area is 102 Å². The largest absolute Gasteiger partial charge is 0.737 e. The van der Waals surface area contributed by atoms with Crippen LogP contribution in [0.15, 0.2) is 35.6 Å². The van der Waals surface area contributed by atoms with Gasteiger partial charge in [0.05, 0.1) is 12.1 Å². The normalized spacial score (nSPS) is 12.5. The molecule has 5 nitrogen and oxygen atoms in total. The summed E-state index contributed by atoms with van der Waals surface area (Å²) in [6.45, 7) is 6.07. The minimum Gasteiger partial charge on any atom is -0.737 e. The fraction of sp³-hybridized carbons (Fsp3) is 0.500. The van der Waals surface area contributed by atoms with E-state index in [1.54, 1.807) is 0 Å². The smallest absolute Gasteiger partial charge is 0.0899 e. The quantitative estimate of drug-likeness (QED) is 0.458. The van der Waals surface area contributed by atoms with Crippen molar-refractivity contribution in [1.29, 1.82) is 0 Å². The van der Waals surface area contributed by atoms with Gasteiger partial charge in [-0.25, -0.2) is 0 Å². The summed E-state index contributed by atoms with van der Waals surface area (Å²) in [6.07, 6.45) is 0.701. The molecule has 0 radical (unpaired) electrons. The third-order valence-electron chi connectivity index (χ3n) is 2.51. The lowest BCUT2D eigenvalue weighted by molar-refractivity contribution is -0.705. The van der Waals surface area contributed by atoms with E-state index >= 15 is 0 Å². The van der Waals surface area contributed by atoms with Gasteiger partial charge in [-0.1, -0.05) is 30.3 Å². The molecule has 0 spiro atoms. The van der Waals surface area contributed by atoms with Crippen LogP contribution in [0, 0.1) is 10.4 Å². The highest BCUT2D eigenvalue weighted by Crippen LogP contribution is 2.14. The molecule has 0 amide bonds. The lowest BCUT2D eigenvalue weighted by Crippen LogP contribution is -2.46. The molecule has 0 bridgehead atoms. The summed E-state index contributed by atoms with van der Waals surface area (Å²) in [4.78, 5) is 0.128. The molecule has 0 unspecified atom stereocenters. The van der Waals surface area contributed by atoms with Crippen molar-refractivity contribution in [1.82, 2.24) is 5.01 Å². The van der Waals surface area contributed by atoms with Crippen LogP contribution >= 0.6 is 0 Å². The van der Waals surface area contributed by atoms with E-state index in [0.29, 0.717) is 13.0 Å². The topological polar surface area (TPSA) is 64.7 Å². The van der Waals surface area contributed by atoms with Crippen LogP contribution in [-0.2, 0) is 6.42 Å². The number of hydrogen-bond donors (Lipinski definition) is 0. The molecule has 0 N–H and O–H groups in total. The first kappa shape index (κ1) is 13.3. The van der Waals surface area contributed by atoms with Crippen LogP contribution in [0.2, 0.25) is 0 Å². The Bertz CT molecular complexity index is 371. The van der Waals surface area contributed by atoms with Crippen molar-refractivity contribution in [2.24, 2.45) is 5.28 Å². The summed E-state index contributed by atoms with van der Waals surface area (Å²) >= 11 is 0. The lowest BCUT2D eigenvalue weighted by Gasteiger charge is -2.31. The van der Waals surface area contributed by atoms with Gasteiger partial charge in [0.15, 0.2) is 0 Å². The highest BCUT2D eigenvalue weighted by atomic mass is 16.6. The van der Waals surface area contributed by atoms with Gasteiger partial charge in [-0.3, -0.25) is 0 Å². The first-order chi connectivity index (χ1) is 7.95. The van der Waals surface area contributed by atoms with Crippen molar-refractivity contribution >= 4 is 0 Å². The molecule has 0 aliphatic heterocycles. The third-order valence-corrected chi connectivity index (χ3v) is 2.51. The summed E-state index contributed by atoms with van der Waals surface area (Å²) in [7, 11) is 0. The summed E-state index contributed by atoms with van der Waals surface area (Å²) in [5, 5.41) is 25.5. The minimum absolute atomic E-state index is 0.128. The maximum absolute atomic E-state index is 11.3. The first-order valence-corrected chi connectivity index (χ1v) is 5.57. The van der Waals surface area contributed by atoms with Crippen LogP contribution in [0.1, 0.15) is 26.3 Å². The molecule has 0 aliphatic carbocycles. The van der Waals surface area contributed by atoms with Crippen molar-refractivity contribution in [3.8, 4) is 0 Å². The Hall–Kier alpha value is -1.78. The Morgan fingerprint density at radius 1 is 1.24 bits per heavy atom. The van der Waals surface area contributed by atoms with E-state index < -0.39 is 5.54 Å². The van der Waals surface area contributed by atoms with Gasteiger partial charge < -0.3 is 10.4 Å². The lowest BCUT2D eigenvalue weighted by atomic mass is 10.1. The zero-order valence-electron chi connectivity index (χ0n) is 10.5. The van der Waals surface area contributed by atoms with Crippen molar-refractivity contribution in [2.45, 2.75) is 32.7 Å². The van der Waals surface area contributed by atoms with Gasteiger partial charge in [0.1, 0.15) is 0 Å². The molecule has 1 rings (SSSR count). The second-order valence-corrected chi connectivity index (χ2v) is 4.86. The molecule has 0 aromatic heterocycles. The highest BCUT2D eigenvalue weighted by molar-refractivity contribution is 5.14. The van der Waals surface area contributed by atoms with E-state index in [9.17, 15) is 10.4 Å². The number of benzene rings is 1. The van der Waals surface area contributed by atoms with Gasteiger partial charge >= 0.3 is 0 Å². The molecule has 0 saturated carbocycles. The maximum atomic E-state index is 11.3. The SMILES string of the molecule is CC(C)(C)N(CCc1ccccc1)/[N+]([O-])=N/[O-]. The average Bonchev–Trinajstić information content (AvgIpc) is 2.28. The fourth-order valence-electron chi connectivity index (χ4n) is 1.60. The summed E-state index contributed by atoms with van der Waals surface area (Å²) in [6, 6.07) is 9.82. The van der Waals surface area contributed by atoms with Crippen LogP contribution in [-0.4, -0.2) is 22.1 Å². The number of hydrogen-bond acceptors (Lipinski definition) is 3. The van der Waals surface area contributed by atoms with E-state index in [1.165, 1.54) is 5.01 Å². The molecule has 0 aliphatic rings. The Morgan fingerprint density at radius 3 is 2.29 bits per heavy atom. The molecule has 0 atom stereocenters. The highest BCUT2D eigenvalue weighted by Gasteiger charge is 2.27. The van der Waals surface area contributed by atoms with E-state index in [-0.39, 0.29) is 4.97 Å². The van der Waals surface area contributed by atoms with Gasteiger partial charge in [0.2, 0.25) is 0 Å². The minimum atomic E-state index is -0.426. The maximum Gasteiger partial charge on any atom is 0.0899 e. The van der Waals surface area contributed by atoms with Gasteiger partial charge in [-0.15, -0.1) is 5.01 Å². The van der Waals surface area contributed by atoms with Crippen molar-refractivity contribution in [3.63, 3.8) is 0 Å². The Kier molecular flexibility index (Phi) is 4.31. The second kappa shape index (κ2) is 5.52. The molecule has 1 aromatic rings. The summed E-state index contributed by atoms with van der Waals surface area (Å²) < 4.78 is 0. The van der Waals surface area contributed by atoms with Gasteiger partial charge in [-0.05, 0) is 38.0 Å². The monoisotopic (exact) mass is 236 g/mol. The van der Waals surface area contributed by atoms with E-state index in [0.717, 1.165) is 5.56 Å². The van der Waals surface area contributed by atoms with E-state index in [1.807, 2.05) is 51.1 Å². The zero-order valence-corrected chi connectivity index (χ0v) is 10.5. The number of hydrazine groups is 1. The standard InChI is InChI=1S/C12H19N3O2/c1-12(2,3)14(15(17)13-16)10-9-11-7-5-4-6-8-11/h4-8,16H,9-10H2,1-3H3/p-1/b15-13-. The molecule has 5 heteroatoms. The van der Waals surface area contributed by atoms with Crippen molar-refractivity contribution in [3.05, 3.63) is 46.3 Å². The molecule has 94 valence electrons. The average molecular weight is 236 g/mol. The second-order valence-electron chi connectivity index (χ2n) is 4.86. The molecule has 0 saturated heterocycles. The number of nitrogens with zero attached hydrogens (tertiary/aromatic N) is 3. The van der Waals surface area contributed by atoms with Gasteiger partial charge in [0, 0.05) is 4.97 Å². The zero-order chi connectivity index (χ0) is 12.9. The third kappa shape index (κ3) is 3.94. The Morgan fingerprint density at radius 2 is 1.82 bits per heavy atom. The summed E-state index contributed by atoms with van der Waals surface area (Å²) in [5.74, 6) is 0. The number of rotatable bonds is 4. The van der Waals surface area contributed by atoms with Crippen molar-refractivity contribution < 1.29 is 4.97 Å². The van der Waals surface area contributed by atoms with Gasteiger partial charge in [0.25, 0.3) is 0 Å². The predicted octanol–water partition coefficient (Wildman–Crippen LogP) is 2.70. The van der Waals surface area contributed by atoms with E-state index in [4.69, 9.17) is 0 Å². The van der Waals surface area contributed by atoms with Crippen LogP contribution in [0.4, 0.5) is 0 Å². The Balaban J connectivity index is 2.69. The molecule has 0 heterocycles. The van der Waals surface area contributed by atoms with Crippen LogP contribution < -0.4 is 0 Å². The fourth-order valence-corrected chi connectivity index (χ4v) is 1.60. The molecular weight excluding hydrogens is 218 g/mol. The van der Waals surface area contributed by atoms with Gasteiger partial charge in [-0.2, -0.15) is 0 Å². The molecule has 17 heavy (non-hydrogen) atoms. The first-order valence-electron chi connectivity index (χ1n) is 5.57. The molecular formula is C12H18N3O2-.